The molecular weight excluding hydrogens is 226 g/mol. The molecule has 0 atom stereocenters. The third-order valence-electron chi connectivity index (χ3n) is 2.63. The monoisotopic (exact) mass is 251 g/mol. The zero-order valence-electron chi connectivity index (χ0n) is 11.8. The lowest BCUT2D eigenvalue weighted by Crippen LogP contribution is -2.19. The van der Waals surface area contributed by atoms with Crippen molar-refractivity contribution in [3.05, 3.63) is 24.3 Å². The summed E-state index contributed by atoms with van der Waals surface area (Å²) >= 11 is 0. The molecular formula is C15H25NO2. The SMILES string of the molecule is CCCCCOc1cccc(OCCN(C)C)c1. The van der Waals surface area contributed by atoms with Gasteiger partial charge in [0.2, 0.25) is 0 Å². The molecule has 0 aromatic heterocycles. The van der Waals surface area contributed by atoms with Crippen LogP contribution < -0.4 is 9.47 Å². The van der Waals surface area contributed by atoms with Crippen molar-refractivity contribution in [3.63, 3.8) is 0 Å². The second-order valence-electron chi connectivity index (χ2n) is 4.68. The Hall–Kier alpha value is -1.22. The van der Waals surface area contributed by atoms with Gasteiger partial charge in [-0.1, -0.05) is 25.8 Å². The Bertz CT molecular complexity index is 326. The van der Waals surface area contributed by atoms with Gasteiger partial charge in [0, 0.05) is 12.6 Å². The number of rotatable bonds is 9. The lowest BCUT2D eigenvalue weighted by Gasteiger charge is -2.12. The molecule has 102 valence electrons. The van der Waals surface area contributed by atoms with Crippen LogP contribution in [-0.4, -0.2) is 38.8 Å². The Labute approximate surface area is 111 Å². The van der Waals surface area contributed by atoms with Crippen molar-refractivity contribution < 1.29 is 9.47 Å². The first-order valence-electron chi connectivity index (χ1n) is 6.72. The van der Waals surface area contributed by atoms with E-state index in [4.69, 9.17) is 9.47 Å². The number of ether oxygens (including phenoxy) is 2. The second kappa shape index (κ2) is 8.81. The summed E-state index contributed by atoms with van der Waals surface area (Å²) in [5, 5.41) is 0. The van der Waals surface area contributed by atoms with Crippen LogP contribution in [0.1, 0.15) is 26.2 Å². The van der Waals surface area contributed by atoms with Crippen LogP contribution in [0.4, 0.5) is 0 Å². The summed E-state index contributed by atoms with van der Waals surface area (Å²) < 4.78 is 11.3. The maximum absolute atomic E-state index is 5.69. The molecule has 0 saturated heterocycles. The highest BCUT2D eigenvalue weighted by atomic mass is 16.5. The quantitative estimate of drug-likeness (QED) is 0.629. The van der Waals surface area contributed by atoms with Crippen LogP contribution in [0.25, 0.3) is 0 Å². The third-order valence-corrected chi connectivity index (χ3v) is 2.63. The molecule has 0 saturated carbocycles. The van der Waals surface area contributed by atoms with Gasteiger partial charge in [0.05, 0.1) is 6.61 Å². The van der Waals surface area contributed by atoms with Crippen molar-refractivity contribution in [1.29, 1.82) is 0 Å². The standard InChI is InChI=1S/C15H25NO2/c1-4-5-6-11-17-14-8-7-9-15(13-14)18-12-10-16(2)3/h7-9,13H,4-6,10-12H2,1-3H3. The van der Waals surface area contributed by atoms with E-state index in [9.17, 15) is 0 Å². The van der Waals surface area contributed by atoms with Crippen LogP contribution in [0, 0.1) is 0 Å². The summed E-state index contributed by atoms with van der Waals surface area (Å²) in [5.74, 6) is 1.78. The van der Waals surface area contributed by atoms with E-state index in [2.05, 4.69) is 11.8 Å². The maximum atomic E-state index is 5.69. The molecule has 0 radical (unpaired) electrons. The van der Waals surface area contributed by atoms with E-state index < -0.39 is 0 Å². The minimum Gasteiger partial charge on any atom is -0.493 e. The first kappa shape index (κ1) is 14.8. The summed E-state index contributed by atoms with van der Waals surface area (Å²) in [5.41, 5.74) is 0. The summed E-state index contributed by atoms with van der Waals surface area (Å²) in [4.78, 5) is 2.10. The van der Waals surface area contributed by atoms with Crippen molar-refractivity contribution in [3.8, 4) is 11.5 Å². The van der Waals surface area contributed by atoms with E-state index in [0.29, 0.717) is 6.61 Å². The van der Waals surface area contributed by atoms with E-state index in [1.165, 1.54) is 12.8 Å². The fourth-order valence-electron chi connectivity index (χ4n) is 1.54. The predicted octanol–water partition coefficient (Wildman–Crippen LogP) is 3.20. The summed E-state index contributed by atoms with van der Waals surface area (Å²) in [7, 11) is 4.08. The highest BCUT2D eigenvalue weighted by molar-refractivity contribution is 5.32. The van der Waals surface area contributed by atoms with Gasteiger partial charge >= 0.3 is 0 Å². The van der Waals surface area contributed by atoms with E-state index in [1.807, 2.05) is 38.4 Å². The Balaban J connectivity index is 2.32. The molecule has 1 rings (SSSR count). The molecule has 0 aliphatic rings. The fourth-order valence-corrected chi connectivity index (χ4v) is 1.54. The maximum Gasteiger partial charge on any atom is 0.123 e. The summed E-state index contributed by atoms with van der Waals surface area (Å²) in [6.07, 6.45) is 3.55. The van der Waals surface area contributed by atoms with Crippen LogP contribution in [0.2, 0.25) is 0 Å². The number of nitrogens with zero attached hydrogens (tertiary/aromatic N) is 1. The van der Waals surface area contributed by atoms with Gasteiger partial charge in [-0.25, -0.2) is 0 Å². The van der Waals surface area contributed by atoms with Crippen molar-refractivity contribution in [2.75, 3.05) is 33.9 Å². The first-order chi connectivity index (χ1) is 8.72. The van der Waals surface area contributed by atoms with Crippen molar-refractivity contribution in [2.45, 2.75) is 26.2 Å². The normalized spacial score (nSPS) is 10.7. The smallest absolute Gasteiger partial charge is 0.123 e. The highest BCUT2D eigenvalue weighted by Crippen LogP contribution is 2.19. The van der Waals surface area contributed by atoms with Crippen LogP contribution in [0.5, 0.6) is 11.5 Å². The van der Waals surface area contributed by atoms with Gasteiger partial charge in [-0.15, -0.1) is 0 Å². The van der Waals surface area contributed by atoms with Gasteiger partial charge in [0.25, 0.3) is 0 Å². The summed E-state index contributed by atoms with van der Waals surface area (Å²) in [6.45, 7) is 4.60. The highest BCUT2D eigenvalue weighted by Gasteiger charge is 1.98. The number of hydrogen-bond donors (Lipinski definition) is 0. The van der Waals surface area contributed by atoms with Gasteiger partial charge in [-0.2, -0.15) is 0 Å². The van der Waals surface area contributed by atoms with Gasteiger partial charge in [0.1, 0.15) is 18.1 Å². The Morgan fingerprint density at radius 1 is 1.00 bits per heavy atom. The zero-order valence-corrected chi connectivity index (χ0v) is 11.8. The first-order valence-corrected chi connectivity index (χ1v) is 6.72. The molecule has 0 unspecified atom stereocenters. The molecule has 18 heavy (non-hydrogen) atoms. The lowest BCUT2D eigenvalue weighted by atomic mass is 10.3. The molecule has 1 aromatic carbocycles. The Morgan fingerprint density at radius 2 is 1.67 bits per heavy atom. The molecule has 0 heterocycles. The van der Waals surface area contributed by atoms with Crippen LogP contribution >= 0.6 is 0 Å². The molecule has 0 amide bonds. The number of likely N-dealkylation sites (N-methyl/N-ethyl adjacent to an activating group) is 1. The Kier molecular flexibility index (Phi) is 7.26. The lowest BCUT2D eigenvalue weighted by molar-refractivity contribution is 0.258. The molecule has 0 fully saturated rings. The molecule has 1 aromatic rings. The van der Waals surface area contributed by atoms with Gasteiger partial charge in [-0.3, -0.25) is 0 Å². The number of hydrogen-bond acceptors (Lipinski definition) is 3. The van der Waals surface area contributed by atoms with Crippen molar-refractivity contribution in [1.82, 2.24) is 4.90 Å². The van der Waals surface area contributed by atoms with E-state index in [-0.39, 0.29) is 0 Å². The van der Waals surface area contributed by atoms with Crippen LogP contribution in [0.15, 0.2) is 24.3 Å². The molecule has 3 nitrogen and oxygen atoms in total. The molecule has 0 aliphatic carbocycles. The molecule has 3 heteroatoms. The largest absolute Gasteiger partial charge is 0.493 e. The fraction of sp³-hybridized carbons (Fsp3) is 0.600. The average molecular weight is 251 g/mol. The zero-order chi connectivity index (χ0) is 13.2. The molecule has 0 N–H and O–H groups in total. The molecule has 0 bridgehead atoms. The van der Waals surface area contributed by atoms with Gasteiger partial charge in [-0.05, 0) is 32.6 Å². The third kappa shape index (κ3) is 6.50. The van der Waals surface area contributed by atoms with Crippen molar-refractivity contribution in [2.24, 2.45) is 0 Å². The molecule has 0 spiro atoms. The minimum atomic E-state index is 0.701. The average Bonchev–Trinajstić information content (AvgIpc) is 2.35. The second-order valence-corrected chi connectivity index (χ2v) is 4.68. The summed E-state index contributed by atoms with van der Waals surface area (Å²) in [6, 6.07) is 7.88. The van der Waals surface area contributed by atoms with E-state index in [0.717, 1.165) is 31.1 Å². The van der Waals surface area contributed by atoms with Gasteiger partial charge < -0.3 is 14.4 Å². The number of benzene rings is 1. The Morgan fingerprint density at radius 3 is 2.28 bits per heavy atom. The van der Waals surface area contributed by atoms with Crippen LogP contribution in [-0.2, 0) is 0 Å². The van der Waals surface area contributed by atoms with Crippen molar-refractivity contribution >= 4 is 0 Å². The van der Waals surface area contributed by atoms with Crippen LogP contribution in [0.3, 0.4) is 0 Å². The van der Waals surface area contributed by atoms with E-state index in [1.54, 1.807) is 0 Å². The minimum absolute atomic E-state index is 0.701. The predicted molar refractivity (Wildman–Crippen MR) is 75.5 cm³/mol. The topological polar surface area (TPSA) is 21.7 Å². The molecule has 0 aliphatic heterocycles. The van der Waals surface area contributed by atoms with E-state index >= 15 is 0 Å². The van der Waals surface area contributed by atoms with Gasteiger partial charge in [0.15, 0.2) is 0 Å². The number of unbranched alkanes of at least 4 members (excludes halogenated alkanes) is 2.